The van der Waals surface area contributed by atoms with Crippen LogP contribution in [0, 0.1) is 11.8 Å². The molecule has 0 saturated carbocycles. The molecule has 2 aliphatic heterocycles. The molecule has 0 spiro atoms. The van der Waals surface area contributed by atoms with Crippen LogP contribution in [0.2, 0.25) is 0 Å². The van der Waals surface area contributed by atoms with Crippen LogP contribution in [0.5, 0.6) is 0 Å². The van der Waals surface area contributed by atoms with Gasteiger partial charge in [0.05, 0.1) is 35.9 Å². The lowest BCUT2D eigenvalue weighted by Gasteiger charge is -2.30. The summed E-state index contributed by atoms with van der Waals surface area (Å²) < 4.78 is 0. The number of hydrogen-bond donors (Lipinski definition) is 4. The summed E-state index contributed by atoms with van der Waals surface area (Å²) in [7, 11) is 0. The van der Waals surface area contributed by atoms with Crippen molar-refractivity contribution in [3.05, 3.63) is 72.6 Å². The average molecular weight is 707 g/mol. The van der Waals surface area contributed by atoms with Gasteiger partial charge < -0.3 is 30.4 Å². The molecule has 0 aliphatic carbocycles. The number of rotatable bonds is 11. The van der Waals surface area contributed by atoms with E-state index < -0.39 is 12.1 Å². The van der Waals surface area contributed by atoms with Crippen LogP contribution in [-0.2, 0) is 19.2 Å². The Labute approximate surface area is 305 Å². The fourth-order valence-corrected chi connectivity index (χ4v) is 7.44. The third-order valence-corrected chi connectivity index (χ3v) is 10.2. The number of carbonyl (C=O) groups excluding carboxylic acids is 4. The van der Waals surface area contributed by atoms with Crippen molar-refractivity contribution in [2.75, 3.05) is 13.1 Å². The van der Waals surface area contributed by atoms with Crippen LogP contribution in [0.3, 0.4) is 0 Å². The summed E-state index contributed by atoms with van der Waals surface area (Å²) >= 11 is 0. The summed E-state index contributed by atoms with van der Waals surface area (Å²) in [6.45, 7) is 11.9. The van der Waals surface area contributed by atoms with Crippen LogP contribution >= 0.6 is 0 Å². The Hall–Kier alpha value is -5.26. The number of likely N-dealkylation sites (tertiary alicyclic amines) is 2. The summed E-state index contributed by atoms with van der Waals surface area (Å²) in [5, 5.41) is 5.66. The summed E-state index contributed by atoms with van der Waals surface area (Å²) in [6.07, 6.45) is 7.03. The molecule has 4 N–H and O–H groups in total. The van der Waals surface area contributed by atoms with Gasteiger partial charge in [0.15, 0.2) is 0 Å². The number of aromatic nitrogens is 4. The van der Waals surface area contributed by atoms with Crippen LogP contribution in [0.4, 0.5) is 0 Å². The third-order valence-electron chi connectivity index (χ3n) is 10.2. The van der Waals surface area contributed by atoms with Gasteiger partial charge in [-0.15, -0.1) is 0 Å². The van der Waals surface area contributed by atoms with Gasteiger partial charge >= 0.3 is 0 Å². The predicted octanol–water partition coefficient (Wildman–Crippen LogP) is 5.78. The Kier molecular flexibility index (Phi) is 10.9. The predicted molar refractivity (Wildman–Crippen MR) is 199 cm³/mol. The van der Waals surface area contributed by atoms with Crippen molar-refractivity contribution in [2.24, 2.45) is 11.8 Å². The Bertz CT molecular complexity index is 1760. The van der Waals surface area contributed by atoms with E-state index in [1.807, 2.05) is 49.9 Å². The van der Waals surface area contributed by atoms with Gasteiger partial charge in [-0.05, 0) is 59.8 Å². The number of H-pyrrole nitrogens is 2. The first kappa shape index (κ1) is 36.5. The van der Waals surface area contributed by atoms with Crippen molar-refractivity contribution in [2.45, 2.75) is 91.4 Å². The summed E-state index contributed by atoms with van der Waals surface area (Å²) in [6, 6.07) is 15.2. The zero-order valence-electron chi connectivity index (χ0n) is 30.9. The lowest BCUT2D eigenvalue weighted by Crippen LogP contribution is -2.50. The number of aromatic amines is 2. The van der Waals surface area contributed by atoms with Crippen LogP contribution in [0.25, 0.3) is 33.6 Å². The van der Waals surface area contributed by atoms with E-state index in [0.29, 0.717) is 13.1 Å². The second-order valence-electron chi connectivity index (χ2n) is 14.7. The summed E-state index contributed by atoms with van der Waals surface area (Å²) in [4.78, 5) is 70.4. The fraction of sp³-hybridized carbons (Fsp3) is 0.450. The van der Waals surface area contributed by atoms with E-state index in [1.54, 1.807) is 0 Å². The Morgan fingerprint density at radius 2 is 0.962 bits per heavy atom. The minimum atomic E-state index is -0.563. The summed E-state index contributed by atoms with van der Waals surface area (Å²) in [5.74, 6) is 0.906. The highest BCUT2D eigenvalue weighted by molar-refractivity contribution is 5.88. The highest BCUT2D eigenvalue weighted by Crippen LogP contribution is 2.35. The van der Waals surface area contributed by atoms with E-state index in [1.165, 1.54) is 13.8 Å². The maximum Gasteiger partial charge on any atom is 0.246 e. The molecule has 274 valence electrons. The van der Waals surface area contributed by atoms with Crippen molar-refractivity contribution in [1.82, 2.24) is 40.4 Å². The number of imidazole rings is 2. The standard InChI is InChI=1S/C40H50N8O4/c1-23(2)35(43-25(5)49)39(51)47-19-7-9-33(47)37-41-21-31(45-37)29-15-11-27(12-16-29)28-13-17-30(18-14-28)32-22-42-38(46-32)34-10-8-20-48(34)40(52)36(24(3)4)44-26(6)50/h11-18,21-24,33-36H,7-10,19-20H2,1-6H3,(H,41,45)(H,42,46)(H,43,49)(H,44,50)/t33-,34-,35?,36?/m0/s1. The molecular formula is C40H50N8O4. The molecule has 2 aromatic carbocycles. The number of amides is 4. The number of nitrogens with zero attached hydrogens (tertiary/aromatic N) is 4. The van der Waals surface area contributed by atoms with E-state index in [4.69, 9.17) is 0 Å². The molecule has 52 heavy (non-hydrogen) atoms. The first-order valence-corrected chi connectivity index (χ1v) is 18.4. The molecule has 4 aromatic rings. The largest absolute Gasteiger partial charge is 0.344 e. The molecule has 4 amide bonds. The maximum absolute atomic E-state index is 13.5. The lowest BCUT2D eigenvalue weighted by atomic mass is 10.0. The van der Waals surface area contributed by atoms with E-state index in [-0.39, 0.29) is 47.5 Å². The lowest BCUT2D eigenvalue weighted by molar-refractivity contribution is -0.138. The second-order valence-corrected chi connectivity index (χ2v) is 14.7. The van der Waals surface area contributed by atoms with Crippen LogP contribution in [0.15, 0.2) is 60.9 Å². The van der Waals surface area contributed by atoms with Gasteiger partial charge in [0, 0.05) is 26.9 Å². The Balaban J connectivity index is 1.11. The highest BCUT2D eigenvalue weighted by atomic mass is 16.2. The van der Waals surface area contributed by atoms with E-state index >= 15 is 0 Å². The van der Waals surface area contributed by atoms with Crippen molar-refractivity contribution < 1.29 is 19.2 Å². The minimum Gasteiger partial charge on any atom is -0.344 e. The zero-order chi connectivity index (χ0) is 37.1. The first-order valence-electron chi connectivity index (χ1n) is 18.4. The van der Waals surface area contributed by atoms with Crippen LogP contribution in [0.1, 0.15) is 91.0 Å². The van der Waals surface area contributed by atoms with E-state index in [0.717, 1.165) is 71.0 Å². The van der Waals surface area contributed by atoms with Crippen molar-refractivity contribution in [3.8, 4) is 33.6 Å². The Morgan fingerprint density at radius 3 is 1.29 bits per heavy atom. The average Bonchev–Trinajstić information content (AvgIpc) is 3.95. The van der Waals surface area contributed by atoms with Crippen LogP contribution < -0.4 is 10.6 Å². The molecule has 6 rings (SSSR count). The van der Waals surface area contributed by atoms with Gasteiger partial charge in [-0.1, -0.05) is 76.2 Å². The number of carbonyl (C=O) groups is 4. The number of nitrogens with one attached hydrogen (secondary N) is 4. The van der Waals surface area contributed by atoms with Gasteiger partial charge in [0.2, 0.25) is 23.6 Å². The molecule has 4 heterocycles. The normalized spacial score (nSPS) is 18.5. The number of hydrogen-bond acceptors (Lipinski definition) is 6. The van der Waals surface area contributed by atoms with Crippen molar-refractivity contribution in [1.29, 1.82) is 0 Å². The van der Waals surface area contributed by atoms with Gasteiger partial charge in [0.1, 0.15) is 23.7 Å². The summed E-state index contributed by atoms with van der Waals surface area (Å²) in [5.41, 5.74) is 5.90. The first-order chi connectivity index (χ1) is 24.9. The SMILES string of the molecule is CC(=O)NC(C(=O)N1CCC[C@H]1c1ncc(-c2ccc(-c3ccc(-c4cnc([C@@H]5CCCN5C(=O)C(NC(C)=O)C(C)C)[nH]4)cc3)cc2)[nH]1)C(C)C. The molecular weight excluding hydrogens is 656 g/mol. The van der Waals surface area contributed by atoms with Gasteiger partial charge in [0.25, 0.3) is 0 Å². The maximum atomic E-state index is 13.5. The topological polar surface area (TPSA) is 156 Å². The van der Waals surface area contributed by atoms with E-state index in [9.17, 15) is 19.2 Å². The zero-order valence-corrected chi connectivity index (χ0v) is 30.9. The molecule has 2 unspecified atom stereocenters. The second kappa shape index (κ2) is 15.5. The van der Waals surface area contributed by atoms with Gasteiger partial charge in [-0.3, -0.25) is 19.2 Å². The van der Waals surface area contributed by atoms with Crippen LogP contribution in [-0.4, -0.2) is 78.5 Å². The molecule has 2 aliphatic rings. The smallest absolute Gasteiger partial charge is 0.246 e. The third kappa shape index (κ3) is 7.80. The fourth-order valence-electron chi connectivity index (χ4n) is 7.44. The monoisotopic (exact) mass is 706 g/mol. The van der Waals surface area contributed by atoms with Gasteiger partial charge in [-0.2, -0.15) is 0 Å². The molecule has 0 radical (unpaired) electrons. The van der Waals surface area contributed by atoms with Gasteiger partial charge in [-0.25, -0.2) is 9.97 Å². The van der Waals surface area contributed by atoms with Crippen molar-refractivity contribution >= 4 is 23.6 Å². The quantitative estimate of drug-likeness (QED) is 0.155. The van der Waals surface area contributed by atoms with Crippen molar-refractivity contribution in [3.63, 3.8) is 0 Å². The Morgan fingerprint density at radius 1 is 0.615 bits per heavy atom. The molecule has 2 saturated heterocycles. The molecule has 2 fully saturated rings. The molecule has 4 atom stereocenters. The van der Waals surface area contributed by atoms with E-state index in [2.05, 4.69) is 79.1 Å². The number of benzene rings is 2. The molecule has 12 heteroatoms. The molecule has 2 aromatic heterocycles. The molecule has 12 nitrogen and oxygen atoms in total. The highest BCUT2D eigenvalue weighted by Gasteiger charge is 2.38. The molecule has 0 bridgehead atoms. The minimum absolute atomic E-state index is 0.0225.